The smallest absolute Gasteiger partial charge is 0.152 e. The van der Waals surface area contributed by atoms with Gasteiger partial charge >= 0.3 is 0 Å². The van der Waals surface area contributed by atoms with Crippen molar-refractivity contribution in [3.63, 3.8) is 0 Å². The van der Waals surface area contributed by atoms with Gasteiger partial charge in [-0.1, -0.05) is 0 Å². The Morgan fingerprint density at radius 1 is 1.39 bits per heavy atom. The van der Waals surface area contributed by atoms with Crippen molar-refractivity contribution in [1.29, 1.82) is 0 Å². The molecule has 0 saturated carbocycles. The van der Waals surface area contributed by atoms with Crippen LogP contribution in [0, 0.1) is 0 Å². The lowest BCUT2D eigenvalue weighted by molar-refractivity contribution is 0.554. The normalized spacial score (nSPS) is 14.7. The highest BCUT2D eigenvalue weighted by molar-refractivity contribution is 9.10. The molecule has 2 aromatic rings. The molecule has 6 nitrogen and oxygen atoms in total. The van der Waals surface area contributed by atoms with E-state index in [2.05, 4.69) is 40.6 Å². The van der Waals surface area contributed by atoms with Crippen molar-refractivity contribution >= 4 is 21.7 Å². The van der Waals surface area contributed by atoms with Gasteiger partial charge in [0.2, 0.25) is 0 Å². The van der Waals surface area contributed by atoms with Crippen LogP contribution in [0.4, 0.5) is 5.82 Å². The van der Waals surface area contributed by atoms with E-state index in [0.717, 1.165) is 41.3 Å². The van der Waals surface area contributed by atoms with Gasteiger partial charge < -0.3 is 15.2 Å². The van der Waals surface area contributed by atoms with Gasteiger partial charge in [0.15, 0.2) is 5.82 Å². The maximum Gasteiger partial charge on any atom is 0.152 e. The van der Waals surface area contributed by atoms with E-state index >= 15 is 0 Å². The lowest BCUT2D eigenvalue weighted by Gasteiger charge is -2.29. The maximum absolute atomic E-state index is 5.78. The van der Waals surface area contributed by atoms with Crippen molar-refractivity contribution < 1.29 is 0 Å². The van der Waals surface area contributed by atoms with Crippen LogP contribution in [0.25, 0.3) is 0 Å². The molecule has 1 aliphatic heterocycles. The van der Waals surface area contributed by atoms with Crippen LogP contribution in [0.15, 0.2) is 23.1 Å². The lowest BCUT2D eigenvalue weighted by Crippen LogP contribution is -2.35. The first-order valence-corrected chi connectivity index (χ1v) is 6.53. The zero-order valence-electron chi connectivity index (χ0n) is 9.75. The van der Waals surface area contributed by atoms with Gasteiger partial charge in [0.25, 0.3) is 0 Å². The zero-order chi connectivity index (χ0) is 12.5. The first-order valence-electron chi connectivity index (χ1n) is 5.74. The van der Waals surface area contributed by atoms with Crippen LogP contribution in [0.5, 0.6) is 0 Å². The van der Waals surface area contributed by atoms with Gasteiger partial charge in [0, 0.05) is 35.9 Å². The molecule has 2 aromatic heterocycles. The zero-order valence-corrected chi connectivity index (χ0v) is 11.3. The summed E-state index contributed by atoms with van der Waals surface area (Å²) in [6.07, 6.45) is 3.57. The molecule has 3 rings (SSSR count). The summed E-state index contributed by atoms with van der Waals surface area (Å²) in [6, 6.07) is 2.02. The quantitative estimate of drug-likeness (QED) is 0.893. The summed E-state index contributed by atoms with van der Waals surface area (Å²) < 4.78 is 3.02. The van der Waals surface area contributed by atoms with E-state index in [1.807, 2.05) is 6.07 Å². The third kappa shape index (κ3) is 1.99. The van der Waals surface area contributed by atoms with Crippen molar-refractivity contribution in [2.75, 3.05) is 11.4 Å². The first-order chi connectivity index (χ1) is 8.78. The van der Waals surface area contributed by atoms with Gasteiger partial charge in [0.1, 0.15) is 12.1 Å². The van der Waals surface area contributed by atoms with E-state index in [0.29, 0.717) is 6.54 Å². The second kappa shape index (κ2) is 4.66. The molecular formula is C11H13BrN6. The minimum Gasteiger partial charge on any atom is -0.347 e. The number of nitrogens with zero attached hydrogens (tertiary/aromatic N) is 5. The average molecular weight is 309 g/mol. The molecule has 0 radical (unpaired) electrons. The van der Waals surface area contributed by atoms with Crippen LogP contribution in [0.1, 0.15) is 11.4 Å². The van der Waals surface area contributed by atoms with E-state index in [4.69, 9.17) is 5.73 Å². The molecule has 0 bridgehead atoms. The molecule has 0 amide bonds. The van der Waals surface area contributed by atoms with E-state index in [1.54, 1.807) is 12.5 Å². The topological polar surface area (TPSA) is 72.9 Å². The van der Waals surface area contributed by atoms with Crippen molar-refractivity contribution in [1.82, 2.24) is 19.7 Å². The summed E-state index contributed by atoms with van der Waals surface area (Å²) in [5.41, 5.74) is 6.82. The highest BCUT2D eigenvalue weighted by Crippen LogP contribution is 2.24. The summed E-state index contributed by atoms with van der Waals surface area (Å²) in [5, 5.41) is 8.03. The van der Waals surface area contributed by atoms with Crippen LogP contribution in [-0.4, -0.2) is 26.3 Å². The minimum absolute atomic E-state index is 0.477. The molecule has 0 fully saturated rings. The van der Waals surface area contributed by atoms with Crippen LogP contribution >= 0.6 is 15.9 Å². The number of aromatic nitrogens is 4. The van der Waals surface area contributed by atoms with Crippen LogP contribution in [-0.2, 0) is 19.6 Å². The Kier molecular flexibility index (Phi) is 3.00. The van der Waals surface area contributed by atoms with Gasteiger partial charge in [-0.2, -0.15) is 0 Å². The molecule has 94 valence electrons. The van der Waals surface area contributed by atoms with Gasteiger partial charge in [-0.3, -0.25) is 0 Å². The highest BCUT2D eigenvalue weighted by atomic mass is 79.9. The van der Waals surface area contributed by atoms with Crippen LogP contribution in [0.2, 0.25) is 0 Å². The third-order valence-corrected chi connectivity index (χ3v) is 3.50. The second-order valence-corrected chi connectivity index (χ2v) is 5.12. The first kappa shape index (κ1) is 11.6. The molecule has 2 N–H and O–H groups in total. The van der Waals surface area contributed by atoms with E-state index in [-0.39, 0.29) is 0 Å². The third-order valence-electron chi connectivity index (χ3n) is 3.07. The van der Waals surface area contributed by atoms with Crippen LogP contribution < -0.4 is 10.6 Å². The standard InChI is InChI=1S/C11H13BrN6/c12-9-3-8(4-13)11(14-5-9)17-1-2-18-7-15-16-10(18)6-17/h3,5,7H,1-2,4,6,13H2. The molecule has 7 heteroatoms. The largest absolute Gasteiger partial charge is 0.347 e. The molecule has 1 aliphatic rings. The fourth-order valence-corrected chi connectivity index (χ4v) is 2.53. The number of hydrogen-bond donors (Lipinski definition) is 1. The average Bonchev–Trinajstić information content (AvgIpc) is 2.85. The molecule has 0 aliphatic carbocycles. The van der Waals surface area contributed by atoms with Gasteiger partial charge in [-0.15, -0.1) is 10.2 Å². The molecule has 18 heavy (non-hydrogen) atoms. The van der Waals surface area contributed by atoms with Crippen molar-refractivity contribution in [3.05, 3.63) is 34.5 Å². The lowest BCUT2D eigenvalue weighted by atomic mass is 10.2. The van der Waals surface area contributed by atoms with E-state index in [9.17, 15) is 0 Å². The summed E-state index contributed by atoms with van der Waals surface area (Å²) in [5.74, 6) is 1.91. The Balaban J connectivity index is 1.93. The predicted octanol–water partition coefficient (Wildman–Crippen LogP) is 0.914. The minimum atomic E-state index is 0.477. The molecule has 0 saturated heterocycles. The Bertz CT molecular complexity index is 566. The number of anilines is 1. The van der Waals surface area contributed by atoms with Crippen LogP contribution in [0.3, 0.4) is 0 Å². The number of hydrogen-bond acceptors (Lipinski definition) is 5. The Morgan fingerprint density at radius 3 is 3.11 bits per heavy atom. The number of halogens is 1. The molecular weight excluding hydrogens is 296 g/mol. The monoisotopic (exact) mass is 308 g/mol. The van der Waals surface area contributed by atoms with Gasteiger partial charge in [-0.25, -0.2) is 4.98 Å². The predicted molar refractivity (Wildman–Crippen MR) is 70.9 cm³/mol. The summed E-state index contributed by atoms with van der Waals surface area (Å²) in [6.45, 7) is 2.98. The van der Waals surface area contributed by atoms with E-state index < -0.39 is 0 Å². The molecule has 3 heterocycles. The Morgan fingerprint density at radius 2 is 2.28 bits per heavy atom. The van der Waals surface area contributed by atoms with Crippen molar-refractivity contribution in [3.8, 4) is 0 Å². The van der Waals surface area contributed by atoms with E-state index in [1.165, 1.54) is 0 Å². The number of rotatable bonds is 2. The number of pyridine rings is 1. The molecule has 0 spiro atoms. The Labute approximate surface area is 113 Å². The molecule has 0 aromatic carbocycles. The fraction of sp³-hybridized carbons (Fsp3) is 0.364. The summed E-state index contributed by atoms with van der Waals surface area (Å²) in [4.78, 5) is 6.66. The second-order valence-electron chi connectivity index (χ2n) is 4.20. The molecule has 0 unspecified atom stereocenters. The maximum atomic E-state index is 5.78. The molecule has 0 atom stereocenters. The summed E-state index contributed by atoms with van der Waals surface area (Å²) in [7, 11) is 0. The number of fused-ring (bicyclic) bond motifs is 1. The highest BCUT2D eigenvalue weighted by Gasteiger charge is 2.20. The van der Waals surface area contributed by atoms with Gasteiger partial charge in [-0.05, 0) is 22.0 Å². The fourth-order valence-electron chi connectivity index (χ4n) is 2.16. The van der Waals surface area contributed by atoms with Gasteiger partial charge in [0.05, 0.1) is 6.54 Å². The SMILES string of the molecule is NCc1cc(Br)cnc1N1CCn2cnnc2C1. The summed E-state index contributed by atoms with van der Waals surface area (Å²) >= 11 is 3.42. The van der Waals surface area contributed by atoms with Crippen molar-refractivity contribution in [2.24, 2.45) is 5.73 Å². The Hall–Kier alpha value is -1.47. The number of nitrogens with two attached hydrogens (primary N) is 1. The van der Waals surface area contributed by atoms with Crippen molar-refractivity contribution in [2.45, 2.75) is 19.6 Å².